The molecular weight excluding hydrogens is 204 g/mol. The van der Waals surface area contributed by atoms with E-state index < -0.39 is 5.97 Å². The molecule has 1 aromatic rings. The van der Waals surface area contributed by atoms with Crippen LogP contribution >= 0.6 is 0 Å². The number of carboxylic acid groups (broad SMARTS) is 1. The van der Waals surface area contributed by atoms with Crippen LogP contribution in [0.2, 0.25) is 0 Å². The van der Waals surface area contributed by atoms with E-state index in [9.17, 15) is 4.79 Å². The van der Waals surface area contributed by atoms with Gasteiger partial charge >= 0.3 is 5.97 Å². The Morgan fingerprint density at radius 1 is 1.38 bits per heavy atom. The summed E-state index contributed by atoms with van der Waals surface area (Å²) in [6.07, 6.45) is 6.30. The molecule has 0 aliphatic heterocycles. The van der Waals surface area contributed by atoms with Crippen molar-refractivity contribution in [2.45, 2.75) is 25.7 Å². The molecule has 0 spiro atoms. The van der Waals surface area contributed by atoms with Gasteiger partial charge in [-0.3, -0.25) is 14.8 Å². The van der Waals surface area contributed by atoms with Crippen LogP contribution in [0.3, 0.4) is 0 Å². The van der Waals surface area contributed by atoms with Crippen LogP contribution in [0.25, 0.3) is 0 Å². The Hall–Kier alpha value is -1.71. The number of hydrogen-bond acceptors (Lipinski definition) is 3. The molecule has 0 unspecified atom stereocenters. The minimum absolute atomic E-state index is 0.254. The average Bonchev–Trinajstić information content (AvgIpc) is 2.29. The fourth-order valence-electron chi connectivity index (χ4n) is 1.27. The van der Waals surface area contributed by atoms with Gasteiger partial charge in [0.2, 0.25) is 0 Å². The lowest BCUT2D eigenvalue weighted by molar-refractivity contribution is -0.137. The molecule has 86 valence electrons. The summed E-state index contributed by atoms with van der Waals surface area (Å²) in [7, 11) is 0. The van der Waals surface area contributed by atoms with Gasteiger partial charge in [-0.25, -0.2) is 0 Å². The third-order valence-electron chi connectivity index (χ3n) is 2.09. The highest BCUT2D eigenvalue weighted by Crippen LogP contribution is 1.99. The first kappa shape index (κ1) is 12.4. The third-order valence-corrected chi connectivity index (χ3v) is 2.09. The van der Waals surface area contributed by atoms with Crippen molar-refractivity contribution in [1.82, 2.24) is 4.98 Å². The summed E-state index contributed by atoms with van der Waals surface area (Å²) in [6.45, 7) is 0.732. The van der Waals surface area contributed by atoms with E-state index in [1.165, 1.54) is 0 Å². The van der Waals surface area contributed by atoms with Gasteiger partial charge in [0, 0.05) is 25.4 Å². The summed E-state index contributed by atoms with van der Waals surface area (Å²) in [5, 5.41) is 8.43. The molecule has 0 aromatic carbocycles. The molecule has 0 aliphatic rings. The summed E-state index contributed by atoms with van der Waals surface area (Å²) < 4.78 is 0. The number of aliphatic carboxylic acids is 1. The fourth-order valence-corrected chi connectivity index (χ4v) is 1.27. The first-order chi connectivity index (χ1) is 7.79. The van der Waals surface area contributed by atoms with Crippen LogP contribution in [-0.4, -0.2) is 28.8 Å². The predicted octanol–water partition coefficient (Wildman–Crippen LogP) is 2.15. The lowest BCUT2D eigenvalue weighted by Crippen LogP contribution is -1.94. The second kappa shape index (κ2) is 7.56. The SMILES string of the molecule is O=C(O)CCCCCN=Cc1ccccn1. The molecule has 0 atom stereocenters. The predicted molar refractivity (Wildman–Crippen MR) is 62.8 cm³/mol. The molecule has 0 radical (unpaired) electrons. The molecule has 0 saturated heterocycles. The van der Waals surface area contributed by atoms with Gasteiger partial charge in [0.05, 0.1) is 5.69 Å². The van der Waals surface area contributed by atoms with Gasteiger partial charge in [0.1, 0.15) is 0 Å². The van der Waals surface area contributed by atoms with Gasteiger partial charge in [-0.15, -0.1) is 0 Å². The second-order valence-corrected chi connectivity index (χ2v) is 3.49. The standard InChI is InChI=1S/C12H16N2O2/c15-12(16)7-2-1-4-8-13-10-11-6-3-5-9-14-11/h3,5-6,9-10H,1-2,4,7-8H2,(H,15,16). The molecule has 0 saturated carbocycles. The van der Waals surface area contributed by atoms with Gasteiger partial charge in [0.15, 0.2) is 0 Å². The number of aromatic nitrogens is 1. The Labute approximate surface area is 95.1 Å². The van der Waals surface area contributed by atoms with Gasteiger partial charge in [0.25, 0.3) is 0 Å². The Morgan fingerprint density at radius 2 is 2.25 bits per heavy atom. The summed E-state index contributed by atoms with van der Waals surface area (Å²) in [5.41, 5.74) is 0.855. The number of rotatable bonds is 7. The highest BCUT2D eigenvalue weighted by molar-refractivity contribution is 5.76. The number of carbonyl (C=O) groups is 1. The number of unbranched alkanes of at least 4 members (excludes halogenated alkanes) is 2. The van der Waals surface area contributed by atoms with Crippen LogP contribution in [-0.2, 0) is 4.79 Å². The first-order valence-electron chi connectivity index (χ1n) is 5.41. The molecule has 0 bridgehead atoms. The lowest BCUT2D eigenvalue weighted by Gasteiger charge is -1.95. The van der Waals surface area contributed by atoms with Crippen molar-refractivity contribution in [3.8, 4) is 0 Å². The Morgan fingerprint density at radius 3 is 2.94 bits per heavy atom. The van der Waals surface area contributed by atoms with Crippen molar-refractivity contribution in [3.63, 3.8) is 0 Å². The summed E-state index contributed by atoms with van der Waals surface area (Å²) in [4.78, 5) is 18.6. The van der Waals surface area contributed by atoms with Crippen molar-refractivity contribution in [1.29, 1.82) is 0 Å². The van der Waals surface area contributed by atoms with Crippen molar-refractivity contribution < 1.29 is 9.90 Å². The highest BCUT2D eigenvalue weighted by Gasteiger charge is 1.95. The van der Waals surface area contributed by atoms with E-state index in [1.807, 2.05) is 18.2 Å². The van der Waals surface area contributed by atoms with E-state index in [0.29, 0.717) is 0 Å². The van der Waals surface area contributed by atoms with Crippen LogP contribution in [0.1, 0.15) is 31.4 Å². The van der Waals surface area contributed by atoms with E-state index in [0.717, 1.165) is 31.5 Å². The number of aliphatic imine (C=N–C) groups is 1. The van der Waals surface area contributed by atoms with Crippen LogP contribution in [0, 0.1) is 0 Å². The molecule has 0 aliphatic carbocycles. The van der Waals surface area contributed by atoms with Crippen LogP contribution < -0.4 is 0 Å². The Balaban J connectivity index is 2.07. The monoisotopic (exact) mass is 220 g/mol. The molecular formula is C12H16N2O2. The smallest absolute Gasteiger partial charge is 0.303 e. The minimum Gasteiger partial charge on any atom is -0.481 e. The summed E-state index contributed by atoms with van der Waals surface area (Å²) >= 11 is 0. The molecule has 1 heterocycles. The first-order valence-corrected chi connectivity index (χ1v) is 5.41. The fraction of sp³-hybridized carbons (Fsp3) is 0.417. The Bertz CT molecular complexity index is 336. The third kappa shape index (κ3) is 5.90. The zero-order valence-corrected chi connectivity index (χ0v) is 9.17. The van der Waals surface area contributed by atoms with E-state index in [4.69, 9.17) is 5.11 Å². The molecule has 4 nitrogen and oxygen atoms in total. The van der Waals surface area contributed by atoms with Crippen LogP contribution in [0.15, 0.2) is 29.4 Å². The molecule has 1 N–H and O–H groups in total. The van der Waals surface area contributed by atoms with Gasteiger partial charge < -0.3 is 5.11 Å². The van der Waals surface area contributed by atoms with Crippen LogP contribution in [0.4, 0.5) is 0 Å². The Kier molecular flexibility index (Phi) is 5.84. The maximum Gasteiger partial charge on any atom is 0.303 e. The normalized spacial score (nSPS) is 10.8. The lowest BCUT2D eigenvalue weighted by atomic mass is 10.2. The van der Waals surface area contributed by atoms with Gasteiger partial charge in [-0.2, -0.15) is 0 Å². The topological polar surface area (TPSA) is 62.5 Å². The number of pyridine rings is 1. The van der Waals surface area contributed by atoms with E-state index in [1.54, 1.807) is 12.4 Å². The van der Waals surface area contributed by atoms with Gasteiger partial charge in [-0.1, -0.05) is 12.5 Å². The van der Waals surface area contributed by atoms with Crippen molar-refractivity contribution in [2.24, 2.45) is 4.99 Å². The molecule has 4 heteroatoms. The van der Waals surface area contributed by atoms with Gasteiger partial charge in [-0.05, 0) is 25.0 Å². The van der Waals surface area contributed by atoms with Crippen molar-refractivity contribution in [2.75, 3.05) is 6.54 Å². The molecule has 0 amide bonds. The zero-order chi connectivity index (χ0) is 11.6. The summed E-state index contributed by atoms with van der Waals surface area (Å²) in [5.74, 6) is -0.725. The zero-order valence-electron chi connectivity index (χ0n) is 9.17. The van der Waals surface area contributed by atoms with Crippen LogP contribution in [0.5, 0.6) is 0 Å². The largest absolute Gasteiger partial charge is 0.481 e. The number of nitrogens with zero attached hydrogens (tertiary/aromatic N) is 2. The molecule has 0 fully saturated rings. The average molecular weight is 220 g/mol. The molecule has 1 rings (SSSR count). The minimum atomic E-state index is -0.725. The van der Waals surface area contributed by atoms with E-state index in [2.05, 4.69) is 9.98 Å². The quantitative estimate of drug-likeness (QED) is 0.565. The molecule has 16 heavy (non-hydrogen) atoms. The second-order valence-electron chi connectivity index (χ2n) is 3.49. The molecule has 1 aromatic heterocycles. The maximum atomic E-state index is 10.2. The highest BCUT2D eigenvalue weighted by atomic mass is 16.4. The van der Waals surface area contributed by atoms with Crippen molar-refractivity contribution in [3.05, 3.63) is 30.1 Å². The van der Waals surface area contributed by atoms with E-state index in [-0.39, 0.29) is 6.42 Å². The number of carboxylic acids is 1. The number of hydrogen-bond donors (Lipinski definition) is 1. The van der Waals surface area contributed by atoms with E-state index >= 15 is 0 Å². The maximum absolute atomic E-state index is 10.2. The summed E-state index contributed by atoms with van der Waals surface area (Å²) in [6, 6.07) is 5.68. The van der Waals surface area contributed by atoms with Crippen molar-refractivity contribution >= 4 is 12.2 Å².